The SMILES string of the molecule is CC(C)(C)Cc1cnc2c(c1)[C@@H](NC[C@H](O)[C@H](Cc1cc(F)cc(-c3nccs3)c1)NC(=O)C1(C)CC1)CC1(CCC1)O2. The smallest absolute Gasteiger partial charge is 0.226 e. The summed E-state index contributed by atoms with van der Waals surface area (Å²) in [6.45, 7) is 8.86. The third-order valence-electron chi connectivity index (χ3n) is 9.19. The van der Waals surface area contributed by atoms with Crippen molar-refractivity contribution in [2.45, 2.75) is 103 Å². The highest BCUT2D eigenvalue weighted by atomic mass is 32.1. The number of ether oxygens (including phenoxy) is 1. The number of aliphatic hydroxyl groups is 1. The van der Waals surface area contributed by atoms with Crippen LogP contribution in [-0.4, -0.2) is 45.3 Å². The minimum Gasteiger partial charge on any atom is -0.471 e. The van der Waals surface area contributed by atoms with Crippen molar-refractivity contribution in [2.24, 2.45) is 10.8 Å². The van der Waals surface area contributed by atoms with Crippen LogP contribution in [0.2, 0.25) is 0 Å². The molecule has 1 aromatic carbocycles. The highest BCUT2D eigenvalue weighted by Crippen LogP contribution is 2.48. The second-order valence-electron chi connectivity index (χ2n) is 14.4. The fourth-order valence-electron chi connectivity index (χ4n) is 6.30. The highest BCUT2D eigenvalue weighted by Gasteiger charge is 2.47. The Bertz CT molecular complexity index is 1460. The number of rotatable bonds is 10. The molecule has 230 valence electrons. The van der Waals surface area contributed by atoms with E-state index >= 15 is 0 Å². The molecule has 0 bridgehead atoms. The first kappa shape index (κ1) is 30.2. The molecule has 2 fully saturated rings. The van der Waals surface area contributed by atoms with E-state index in [1.807, 2.05) is 24.6 Å². The summed E-state index contributed by atoms with van der Waals surface area (Å²) in [4.78, 5) is 22.2. The minimum absolute atomic E-state index is 0.0332. The molecule has 1 amide bonds. The highest BCUT2D eigenvalue weighted by molar-refractivity contribution is 7.13. The minimum atomic E-state index is -0.896. The molecule has 1 spiro atoms. The van der Waals surface area contributed by atoms with Gasteiger partial charge in [0.05, 0.1) is 12.1 Å². The molecular weight excluding hydrogens is 563 g/mol. The maximum absolute atomic E-state index is 14.7. The van der Waals surface area contributed by atoms with Crippen LogP contribution in [0.25, 0.3) is 10.6 Å². The average molecular weight is 607 g/mol. The molecule has 3 aliphatic rings. The topological polar surface area (TPSA) is 96.4 Å². The van der Waals surface area contributed by atoms with Crippen LogP contribution in [0.1, 0.15) is 89.0 Å². The van der Waals surface area contributed by atoms with Crippen molar-refractivity contribution in [1.82, 2.24) is 20.6 Å². The van der Waals surface area contributed by atoms with E-state index in [-0.39, 0.29) is 35.3 Å². The number of aromatic nitrogens is 2. The molecule has 3 N–H and O–H groups in total. The van der Waals surface area contributed by atoms with Crippen LogP contribution in [0.15, 0.2) is 42.0 Å². The number of carbonyl (C=O) groups excluding carboxylic acids is 1. The number of hydrogen-bond acceptors (Lipinski definition) is 7. The summed E-state index contributed by atoms with van der Waals surface area (Å²) in [5.41, 5.74) is 3.10. The van der Waals surface area contributed by atoms with Crippen molar-refractivity contribution in [1.29, 1.82) is 0 Å². The summed E-state index contributed by atoms with van der Waals surface area (Å²) >= 11 is 1.45. The van der Waals surface area contributed by atoms with Crippen molar-refractivity contribution < 1.29 is 19.0 Å². The molecule has 43 heavy (non-hydrogen) atoms. The second-order valence-corrected chi connectivity index (χ2v) is 15.3. The van der Waals surface area contributed by atoms with Gasteiger partial charge >= 0.3 is 0 Å². The van der Waals surface area contributed by atoms with E-state index in [0.717, 1.165) is 61.1 Å². The van der Waals surface area contributed by atoms with Gasteiger partial charge in [-0.1, -0.05) is 27.7 Å². The van der Waals surface area contributed by atoms with Gasteiger partial charge in [-0.15, -0.1) is 11.3 Å². The Balaban J connectivity index is 1.22. The van der Waals surface area contributed by atoms with Gasteiger partial charge in [-0.25, -0.2) is 14.4 Å². The first-order valence-electron chi connectivity index (χ1n) is 15.5. The zero-order chi connectivity index (χ0) is 30.4. The zero-order valence-corrected chi connectivity index (χ0v) is 26.4. The lowest BCUT2D eigenvalue weighted by Gasteiger charge is -2.47. The lowest BCUT2D eigenvalue weighted by atomic mass is 9.73. The van der Waals surface area contributed by atoms with Crippen LogP contribution >= 0.6 is 11.3 Å². The second kappa shape index (κ2) is 11.6. The lowest BCUT2D eigenvalue weighted by Crippen LogP contribution is -2.53. The van der Waals surface area contributed by atoms with Gasteiger partial charge < -0.3 is 20.5 Å². The monoisotopic (exact) mass is 606 g/mol. The molecule has 0 saturated heterocycles. The molecule has 2 saturated carbocycles. The van der Waals surface area contributed by atoms with E-state index in [4.69, 9.17) is 9.72 Å². The Morgan fingerprint density at radius 2 is 1.95 bits per heavy atom. The number of thiazole rings is 1. The third-order valence-corrected chi connectivity index (χ3v) is 10.0. The van der Waals surface area contributed by atoms with E-state index in [2.05, 4.69) is 42.5 Å². The van der Waals surface area contributed by atoms with Crippen LogP contribution in [0.3, 0.4) is 0 Å². The molecule has 2 aromatic heterocycles. The first-order chi connectivity index (χ1) is 20.4. The Morgan fingerprint density at radius 1 is 1.16 bits per heavy atom. The van der Waals surface area contributed by atoms with Crippen molar-refractivity contribution in [3.63, 3.8) is 0 Å². The van der Waals surface area contributed by atoms with Gasteiger partial charge in [-0.2, -0.15) is 0 Å². The van der Waals surface area contributed by atoms with E-state index < -0.39 is 17.6 Å². The fraction of sp³-hybridized carbons (Fsp3) is 0.559. The first-order valence-corrected chi connectivity index (χ1v) is 16.4. The van der Waals surface area contributed by atoms with Gasteiger partial charge in [0.25, 0.3) is 0 Å². The van der Waals surface area contributed by atoms with Crippen molar-refractivity contribution >= 4 is 17.2 Å². The van der Waals surface area contributed by atoms with Crippen molar-refractivity contribution in [2.75, 3.05) is 6.54 Å². The molecule has 9 heteroatoms. The maximum Gasteiger partial charge on any atom is 0.226 e. The van der Waals surface area contributed by atoms with Crippen LogP contribution in [-0.2, 0) is 17.6 Å². The molecule has 3 atom stereocenters. The number of nitrogens with zero attached hydrogens (tertiary/aromatic N) is 2. The number of aliphatic hydroxyl groups excluding tert-OH is 1. The van der Waals surface area contributed by atoms with Crippen LogP contribution in [0, 0.1) is 16.6 Å². The van der Waals surface area contributed by atoms with Crippen LogP contribution in [0.4, 0.5) is 4.39 Å². The molecule has 7 nitrogen and oxygen atoms in total. The number of pyridine rings is 1. The summed E-state index contributed by atoms with van der Waals surface area (Å²) in [6.07, 6.45) is 9.53. The predicted octanol–water partition coefficient (Wildman–Crippen LogP) is 6.16. The number of amides is 1. The molecule has 1 aliphatic heterocycles. The van der Waals surface area contributed by atoms with Gasteiger partial charge in [0.15, 0.2) is 0 Å². The third kappa shape index (κ3) is 6.94. The molecule has 3 aromatic rings. The summed E-state index contributed by atoms with van der Waals surface area (Å²) in [5, 5.41) is 20.9. The van der Waals surface area contributed by atoms with Crippen LogP contribution in [0.5, 0.6) is 5.88 Å². The summed E-state index contributed by atoms with van der Waals surface area (Å²) in [6, 6.07) is 6.42. The molecular formula is C34H43FN4O3S. The molecule has 0 radical (unpaired) electrons. The molecule has 2 aliphatic carbocycles. The largest absolute Gasteiger partial charge is 0.471 e. The standard InChI is InChI=1S/C34H43FN4O3S/c1-32(2,3)17-22-14-25-27(18-34(6-5-7-34)42-29(25)38-19-22)37-20-28(40)26(39-31(41)33(4)8-9-33)15-21-12-23(16-24(35)13-21)30-36-10-11-43-30/h10-14,16,19,26-28,37,40H,5-9,15,17-18,20H2,1-4H3,(H,39,41)/t26-,27-,28-/m0/s1. The average Bonchev–Trinajstić information content (AvgIpc) is 3.44. The number of nitrogens with one attached hydrogen (secondary N) is 2. The van der Waals surface area contributed by atoms with E-state index in [9.17, 15) is 14.3 Å². The Morgan fingerprint density at radius 3 is 2.60 bits per heavy atom. The summed E-state index contributed by atoms with van der Waals surface area (Å²) in [5.74, 6) is 0.253. The Labute approximate surface area is 257 Å². The number of halogens is 1. The Hall–Kier alpha value is -2.88. The predicted molar refractivity (Wildman–Crippen MR) is 166 cm³/mol. The van der Waals surface area contributed by atoms with E-state index in [1.165, 1.54) is 23.5 Å². The van der Waals surface area contributed by atoms with Gasteiger partial charge in [-0.3, -0.25) is 4.79 Å². The lowest BCUT2D eigenvalue weighted by molar-refractivity contribution is -0.127. The maximum atomic E-state index is 14.7. The molecule has 0 unspecified atom stereocenters. The molecule has 3 heterocycles. The summed E-state index contributed by atoms with van der Waals surface area (Å²) < 4.78 is 21.2. The van der Waals surface area contributed by atoms with Gasteiger partial charge in [0, 0.05) is 53.3 Å². The zero-order valence-electron chi connectivity index (χ0n) is 25.6. The van der Waals surface area contributed by atoms with E-state index in [1.54, 1.807) is 6.20 Å². The van der Waals surface area contributed by atoms with Crippen LogP contribution < -0.4 is 15.4 Å². The normalized spacial score (nSPS) is 21.3. The number of fused-ring (bicyclic) bond motifs is 1. The quantitative estimate of drug-likeness (QED) is 0.256. The molecule has 6 rings (SSSR count). The number of benzene rings is 1. The number of carbonyl (C=O) groups is 1. The van der Waals surface area contributed by atoms with E-state index in [0.29, 0.717) is 23.4 Å². The van der Waals surface area contributed by atoms with Gasteiger partial charge in [0.2, 0.25) is 11.8 Å². The van der Waals surface area contributed by atoms with Gasteiger partial charge in [0.1, 0.15) is 16.4 Å². The Kier molecular flexibility index (Phi) is 8.11. The van der Waals surface area contributed by atoms with Crippen molar-refractivity contribution in [3.8, 4) is 16.5 Å². The number of hydrogen-bond donors (Lipinski definition) is 3. The van der Waals surface area contributed by atoms with Crippen molar-refractivity contribution in [3.05, 3.63) is 64.5 Å². The fourth-order valence-corrected chi connectivity index (χ4v) is 6.93. The summed E-state index contributed by atoms with van der Waals surface area (Å²) in [7, 11) is 0. The van der Waals surface area contributed by atoms with Gasteiger partial charge in [-0.05, 0) is 85.8 Å².